The molecule has 2 aromatic carbocycles. The molecule has 22 heavy (non-hydrogen) atoms. The molecule has 0 aliphatic carbocycles. The van der Waals surface area contributed by atoms with Gasteiger partial charge in [-0.25, -0.2) is 0 Å². The van der Waals surface area contributed by atoms with Gasteiger partial charge in [-0.3, -0.25) is 4.79 Å². The van der Waals surface area contributed by atoms with Crippen molar-refractivity contribution in [3.63, 3.8) is 0 Å². The molecule has 116 valence electrons. The van der Waals surface area contributed by atoms with Crippen molar-refractivity contribution in [2.45, 2.75) is 26.2 Å². The van der Waals surface area contributed by atoms with Crippen LogP contribution in [0.3, 0.4) is 0 Å². The maximum atomic E-state index is 11.9. The van der Waals surface area contributed by atoms with Gasteiger partial charge in [0.25, 0.3) is 0 Å². The summed E-state index contributed by atoms with van der Waals surface area (Å²) in [5.41, 5.74) is 3.44. The Labute approximate surface area is 132 Å². The molecule has 3 heteroatoms. The Bertz CT molecular complexity index is 605. The van der Waals surface area contributed by atoms with Crippen LogP contribution in [0.2, 0.25) is 0 Å². The number of nitrogens with one attached hydrogen (secondary N) is 1. The van der Waals surface area contributed by atoms with Gasteiger partial charge >= 0.3 is 0 Å². The molecule has 0 saturated heterocycles. The molecule has 0 spiro atoms. The molecule has 0 unspecified atom stereocenters. The van der Waals surface area contributed by atoms with Crippen molar-refractivity contribution in [3.05, 3.63) is 65.2 Å². The van der Waals surface area contributed by atoms with E-state index in [2.05, 4.69) is 11.4 Å². The molecule has 0 aliphatic heterocycles. The Morgan fingerprint density at radius 1 is 1.09 bits per heavy atom. The number of rotatable bonds is 7. The van der Waals surface area contributed by atoms with Gasteiger partial charge in [-0.1, -0.05) is 48.0 Å². The van der Waals surface area contributed by atoms with Crippen LogP contribution >= 0.6 is 0 Å². The average molecular weight is 297 g/mol. The molecule has 0 fully saturated rings. The Balaban J connectivity index is 1.72. The summed E-state index contributed by atoms with van der Waals surface area (Å²) in [5, 5.41) is 2.97. The Kier molecular flexibility index (Phi) is 6.01. The lowest BCUT2D eigenvalue weighted by molar-refractivity contribution is -0.120. The maximum Gasteiger partial charge on any atom is 0.224 e. The van der Waals surface area contributed by atoms with Crippen molar-refractivity contribution in [2.24, 2.45) is 0 Å². The number of aryl methyl sites for hydroxylation is 2. The van der Waals surface area contributed by atoms with E-state index in [0.717, 1.165) is 24.2 Å². The van der Waals surface area contributed by atoms with Crippen molar-refractivity contribution < 1.29 is 9.53 Å². The van der Waals surface area contributed by atoms with Crippen LogP contribution in [0.5, 0.6) is 5.75 Å². The zero-order valence-corrected chi connectivity index (χ0v) is 13.3. The van der Waals surface area contributed by atoms with Gasteiger partial charge in [0.15, 0.2) is 0 Å². The van der Waals surface area contributed by atoms with Gasteiger partial charge in [-0.15, -0.1) is 0 Å². The van der Waals surface area contributed by atoms with Gasteiger partial charge < -0.3 is 10.1 Å². The molecular weight excluding hydrogens is 274 g/mol. The Hall–Kier alpha value is -2.29. The predicted octanol–water partition coefficient (Wildman–Crippen LogP) is 3.30. The van der Waals surface area contributed by atoms with Crippen molar-refractivity contribution in [2.75, 3.05) is 13.7 Å². The molecule has 1 N–H and O–H groups in total. The van der Waals surface area contributed by atoms with E-state index in [1.165, 1.54) is 11.1 Å². The minimum absolute atomic E-state index is 0.0730. The highest BCUT2D eigenvalue weighted by Crippen LogP contribution is 2.18. The van der Waals surface area contributed by atoms with Gasteiger partial charge in [0.05, 0.1) is 13.5 Å². The van der Waals surface area contributed by atoms with Crippen LogP contribution < -0.4 is 10.1 Å². The van der Waals surface area contributed by atoms with Gasteiger partial charge in [-0.2, -0.15) is 0 Å². The van der Waals surface area contributed by atoms with E-state index in [-0.39, 0.29) is 5.91 Å². The predicted molar refractivity (Wildman–Crippen MR) is 89.2 cm³/mol. The van der Waals surface area contributed by atoms with Crippen molar-refractivity contribution in [1.29, 1.82) is 0 Å². The highest BCUT2D eigenvalue weighted by atomic mass is 16.5. The van der Waals surface area contributed by atoms with Crippen LogP contribution in [-0.2, 0) is 17.6 Å². The summed E-state index contributed by atoms with van der Waals surface area (Å²) in [5.74, 6) is 0.984. The lowest BCUT2D eigenvalue weighted by Gasteiger charge is -2.09. The van der Waals surface area contributed by atoms with Gasteiger partial charge in [0, 0.05) is 6.54 Å². The third-order valence-corrected chi connectivity index (χ3v) is 3.62. The first kappa shape index (κ1) is 16.1. The second-order valence-electron chi connectivity index (χ2n) is 5.43. The quantitative estimate of drug-likeness (QED) is 0.796. The summed E-state index contributed by atoms with van der Waals surface area (Å²) in [7, 11) is 1.68. The number of methoxy groups -OCH3 is 1. The number of carbonyl (C=O) groups excluding carboxylic acids is 1. The molecule has 3 nitrogen and oxygen atoms in total. The number of amides is 1. The lowest BCUT2D eigenvalue weighted by Crippen LogP contribution is -2.26. The Morgan fingerprint density at radius 3 is 2.55 bits per heavy atom. The van der Waals surface area contributed by atoms with E-state index in [9.17, 15) is 4.79 Å². The summed E-state index contributed by atoms with van der Waals surface area (Å²) in [6.07, 6.45) is 2.24. The molecular formula is C19H23NO2. The molecule has 0 heterocycles. The third kappa shape index (κ3) is 4.92. The van der Waals surface area contributed by atoms with E-state index in [1.807, 2.05) is 49.4 Å². The fourth-order valence-electron chi connectivity index (χ4n) is 2.37. The summed E-state index contributed by atoms with van der Waals surface area (Å²) >= 11 is 0. The first-order valence-corrected chi connectivity index (χ1v) is 7.63. The zero-order valence-electron chi connectivity index (χ0n) is 13.3. The minimum Gasteiger partial charge on any atom is -0.496 e. The SMILES string of the molecule is COc1ccccc1CCCNC(=O)Cc1ccc(C)cc1. The van der Waals surface area contributed by atoms with Crippen LogP contribution in [0.25, 0.3) is 0 Å². The van der Waals surface area contributed by atoms with Crippen LogP contribution in [0, 0.1) is 6.92 Å². The van der Waals surface area contributed by atoms with Gasteiger partial charge in [0.1, 0.15) is 5.75 Å². The van der Waals surface area contributed by atoms with Crippen LogP contribution in [0.1, 0.15) is 23.1 Å². The molecule has 0 aliphatic rings. The highest BCUT2D eigenvalue weighted by molar-refractivity contribution is 5.78. The van der Waals surface area contributed by atoms with Gasteiger partial charge in [0.2, 0.25) is 5.91 Å². The molecule has 0 radical (unpaired) electrons. The average Bonchev–Trinajstić information content (AvgIpc) is 2.54. The monoisotopic (exact) mass is 297 g/mol. The van der Waals surface area contributed by atoms with Crippen molar-refractivity contribution >= 4 is 5.91 Å². The van der Waals surface area contributed by atoms with E-state index in [1.54, 1.807) is 7.11 Å². The summed E-state index contributed by atoms with van der Waals surface area (Å²) in [4.78, 5) is 11.9. The molecule has 0 bridgehead atoms. The number of carbonyl (C=O) groups is 1. The fraction of sp³-hybridized carbons (Fsp3) is 0.316. The van der Waals surface area contributed by atoms with Crippen molar-refractivity contribution in [3.8, 4) is 5.75 Å². The second-order valence-corrected chi connectivity index (χ2v) is 5.43. The third-order valence-electron chi connectivity index (χ3n) is 3.62. The fourth-order valence-corrected chi connectivity index (χ4v) is 2.37. The highest BCUT2D eigenvalue weighted by Gasteiger charge is 2.04. The molecule has 0 saturated carbocycles. The maximum absolute atomic E-state index is 11.9. The summed E-state index contributed by atoms with van der Waals surface area (Å²) < 4.78 is 5.32. The van der Waals surface area contributed by atoms with Gasteiger partial charge in [-0.05, 0) is 37.0 Å². The minimum atomic E-state index is 0.0730. The normalized spacial score (nSPS) is 10.3. The first-order valence-electron chi connectivity index (χ1n) is 7.63. The number of para-hydroxylation sites is 1. The van der Waals surface area contributed by atoms with E-state index in [0.29, 0.717) is 13.0 Å². The topological polar surface area (TPSA) is 38.3 Å². The molecule has 1 amide bonds. The summed E-state index contributed by atoms with van der Waals surface area (Å²) in [6, 6.07) is 16.1. The van der Waals surface area contributed by atoms with Crippen LogP contribution in [0.15, 0.2) is 48.5 Å². The molecule has 0 atom stereocenters. The van der Waals surface area contributed by atoms with Crippen LogP contribution in [-0.4, -0.2) is 19.6 Å². The Morgan fingerprint density at radius 2 is 1.82 bits per heavy atom. The number of benzene rings is 2. The first-order chi connectivity index (χ1) is 10.7. The second kappa shape index (κ2) is 8.23. The number of ether oxygens (including phenoxy) is 1. The lowest BCUT2D eigenvalue weighted by atomic mass is 10.1. The van der Waals surface area contributed by atoms with E-state index < -0.39 is 0 Å². The summed E-state index contributed by atoms with van der Waals surface area (Å²) in [6.45, 7) is 2.73. The zero-order chi connectivity index (χ0) is 15.8. The smallest absolute Gasteiger partial charge is 0.224 e. The van der Waals surface area contributed by atoms with Crippen LogP contribution in [0.4, 0.5) is 0 Å². The van der Waals surface area contributed by atoms with Crippen molar-refractivity contribution in [1.82, 2.24) is 5.32 Å². The molecule has 2 aromatic rings. The van der Waals surface area contributed by atoms with E-state index in [4.69, 9.17) is 4.74 Å². The number of hydrogen-bond acceptors (Lipinski definition) is 2. The largest absolute Gasteiger partial charge is 0.496 e. The number of hydrogen-bond donors (Lipinski definition) is 1. The molecule has 0 aromatic heterocycles. The standard InChI is InChI=1S/C19H23NO2/c1-15-9-11-16(12-10-15)14-19(21)20-13-5-7-17-6-3-4-8-18(17)22-2/h3-4,6,8-12H,5,7,13-14H2,1-2H3,(H,20,21). The van der Waals surface area contributed by atoms with E-state index >= 15 is 0 Å². The molecule has 2 rings (SSSR count).